The average Bonchev–Trinajstić information content (AvgIpc) is 2.76. The summed E-state index contributed by atoms with van der Waals surface area (Å²) in [5.41, 5.74) is 2.50. The topological polar surface area (TPSA) is 55.6 Å². The minimum atomic E-state index is -0.170. The summed E-state index contributed by atoms with van der Waals surface area (Å²) in [5.74, 6) is 1.37. The van der Waals surface area contributed by atoms with E-state index in [1.165, 1.54) is 0 Å². The van der Waals surface area contributed by atoms with E-state index in [1.807, 2.05) is 25.1 Å². The molecule has 1 aliphatic rings. The van der Waals surface area contributed by atoms with Gasteiger partial charge in [0.25, 0.3) is 5.91 Å². The van der Waals surface area contributed by atoms with E-state index in [1.54, 1.807) is 18.7 Å². The molecule has 1 aliphatic heterocycles. The number of carbonyl (C=O) groups is 1. The fourth-order valence-corrected chi connectivity index (χ4v) is 2.39. The molecule has 104 valence electrons. The number of anilines is 1. The number of hydrogen-bond acceptors (Lipinski definition) is 4. The van der Waals surface area contributed by atoms with Crippen LogP contribution in [-0.2, 0) is 0 Å². The van der Waals surface area contributed by atoms with Crippen molar-refractivity contribution in [2.24, 2.45) is 0 Å². The van der Waals surface area contributed by atoms with Gasteiger partial charge in [0.05, 0.1) is 17.9 Å². The van der Waals surface area contributed by atoms with Crippen LogP contribution in [0.25, 0.3) is 0 Å². The lowest BCUT2D eigenvalue weighted by Crippen LogP contribution is -2.38. The Bertz CT molecular complexity index is 676. The molecule has 2 aromatic rings. The number of aryl methyl sites for hydroxylation is 3. The highest BCUT2D eigenvalue weighted by Crippen LogP contribution is 2.33. The third-order valence-corrected chi connectivity index (χ3v) is 3.32. The maximum atomic E-state index is 12.6. The molecular weight excluding hydrogens is 256 g/mol. The van der Waals surface area contributed by atoms with Crippen molar-refractivity contribution in [1.29, 1.82) is 0 Å². The Morgan fingerprint density at radius 1 is 1.30 bits per heavy atom. The highest BCUT2D eigenvalue weighted by Gasteiger charge is 2.28. The molecule has 0 radical (unpaired) electrons. The highest BCUT2D eigenvalue weighted by atomic mass is 16.5. The molecule has 0 spiro atoms. The lowest BCUT2D eigenvalue weighted by Gasteiger charge is -2.29. The third-order valence-electron chi connectivity index (χ3n) is 3.32. The number of oxazole rings is 1. The molecular formula is C15H16N2O3. The van der Waals surface area contributed by atoms with E-state index in [2.05, 4.69) is 4.98 Å². The second-order valence-corrected chi connectivity index (χ2v) is 4.92. The lowest BCUT2D eigenvalue weighted by atomic mass is 10.1. The predicted molar refractivity (Wildman–Crippen MR) is 74.3 cm³/mol. The number of benzene rings is 1. The summed E-state index contributed by atoms with van der Waals surface area (Å²) in [7, 11) is 0. The molecule has 0 saturated heterocycles. The standard InChI is InChI=1S/C15H16N2O3/c1-9-4-5-12-13(8-9)19-7-6-17(12)15(18)14-10(2)16-11(3)20-14/h4-5,8H,6-7H2,1-3H3. The van der Waals surface area contributed by atoms with Gasteiger partial charge >= 0.3 is 0 Å². The van der Waals surface area contributed by atoms with Crippen LogP contribution in [0.3, 0.4) is 0 Å². The molecule has 1 aromatic heterocycles. The lowest BCUT2D eigenvalue weighted by molar-refractivity contribution is 0.0947. The first-order valence-corrected chi connectivity index (χ1v) is 6.55. The number of amides is 1. The smallest absolute Gasteiger partial charge is 0.296 e. The van der Waals surface area contributed by atoms with Gasteiger partial charge in [-0.25, -0.2) is 4.98 Å². The molecule has 5 nitrogen and oxygen atoms in total. The number of rotatable bonds is 1. The van der Waals surface area contributed by atoms with Gasteiger partial charge in [0.2, 0.25) is 5.76 Å². The van der Waals surface area contributed by atoms with Crippen LogP contribution in [0.5, 0.6) is 5.75 Å². The quantitative estimate of drug-likeness (QED) is 0.800. The van der Waals surface area contributed by atoms with Crippen molar-refractivity contribution in [3.8, 4) is 5.75 Å². The van der Waals surface area contributed by atoms with Gasteiger partial charge in [-0.15, -0.1) is 0 Å². The van der Waals surface area contributed by atoms with E-state index in [4.69, 9.17) is 9.15 Å². The van der Waals surface area contributed by atoms with Crippen LogP contribution >= 0.6 is 0 Å². The maximum Gasteiger partial charge on any atom is 0.296 e. The van der Waals surface area contributed by atoms with E-state index >= 15 is 0 Å². The molecule has 20 heavy (non-hydrogen) atoms. The van der Waals surface area contributed by atoms with Crippen molar-refractivity contribution in [1.82, 2.24) is 4.98 Å². The Morgan fingerprint density at radius 2 is 2.10 bits per heavy atom. The van der Waals surface area contributed by atoms with Crippen LogP contribution in [0.1, 0.15) is 27.7 Å². The molecule has 3 rings (SSSR count). The molecule has 5 heteroatoms. The molecule has 0 aliphatic carbocycles. The second-order valence-electron chi connectivity index (χ2n) is 4.92. The van der Waals surface area contributed by atoms with Crippen LogP contribution in [0.2, 0.25) is 0 Å². The Morgan fingerprint density at radius 3 is 2.80 bits per heavy atom. The van der Waals surface area contributed by atoms with Crippen LogP contribution < -0.4 is 9.64 Å². The normalized spacial score (nSPS) is 13.8. The van der Waals surface area contributed by atoms with Gasteiger partial charge in [0.15, 0.2) is 5.89 Å². The van der Waals surface area contributed by atoms with Crippen molar-refractivity contribution < 1.29 is 13.9 Å². The van der Waals surface area contributed by atoms with Gasteiger partial charge < -0.3 is 9.15 Å². The third kappa shape index (κ3) is 2.05. The van der Waals surface area contributed by atoms with Crippen molar-refractivity contribution in [2.45, 2.75) is 20.8 Å². The first-order chi connectivity index (χ1) is 9.56. The highest BCUT2D eigenvalue weighted by molar-refractivity contribution is 6.06. The predicted octanol–water partition coefficient (Wildman–Crippen LogP) is 2.64. The molecule has 0 saturated carbocycles. The van der Waals surface area contributed by atoms with E-state index in [-0.39, 0.29) is 5.91 Å². The fourth-order valence-electron chi connectivity index (χ4n) is 2.39. The average molecular weight is 272 g/mol. The Kier molecular flexibility index (Phi) is 2.97. The van der Waals surface area contributed by atoms with Crippen molar-refractivity contribution in [3.63, 3.8) is 0 Å². The van der Waals surface area contributed by atoms with Gasteiger partial charge in [0, 0.05) is 6.92 Å². The van der Waals surface area contributed by atoms with E-state index in [0.717, 1.165) is 17.0 Å². The largest absolute Gasteiger partial charge is 0.490 e. The number of carbonyl (C=O) groups excluding carboxylic acids is 1. The minimum Gasteiger partial charge on any atom is -0.490 e. The minimum absolute atomic E-state index is 0.170. The van der Waals surface area contributed by atoms with E-state index in [9.17, 15) is 4.79 Å². The van der Waals surface area contributed by atoms with Gasteiger partial charge in [0.1, 0.15) is 12.4 Å². The van der Waals surface area contributed by atoms with E-state index < -0.39 is 0 Å². The summed E-state index contributed by atoms with van der Waals surface area (Å²) in [6.07, 6.45) is 0. The number of hydrogen-bond donors (Lipinski definition) is 0. The zero-order valence-corrected chi connectivity index (χ0v) is 11.8. The van der Waals surface area contributed by atoms with Crippen LogP contribution in [0.15, 0.2) is 22.6 Å². The van der Waals surface area contributed by atoms with Crippen LogP contribution in [0.4, 0.5) is 5.69 Å². The molecule has 0 bridgehead atoms. The Balaban J connectivity index is 2.00. The van der Waals surface area contributed by atoms with Gasteiger partial charge in [-0.05, 0) is 31.5 Å². The summed E-state index contributed by atoms with van der Waals surface area (Å²) in [5, 5.41) is 0. The summed E-state index contributed by atoms with van der Waals surface area (Å²) >= 11 is 0. The molecule has 1 aromatic carbocycles. The summed E-state index contributed by atoms with van der Waals surface area (Å²) < 4.78 is 11.0. The molecule has 2 heterocycles. The fraction of sp³-hybridized carbons (Fsp3) is 0.333. The summed E-state index contributed by atoms with van der Waals surface area (Å²) in [6, 6.07) is 5.81. The number of nitrogens with zero attached hydrogens (tertiary/aromatic N) is 2. The molecule has 0 atom stereocenters. The Labute approximate surface area is 117 Å². The summed E-state index contributed by atoms with van der Waals surface area (Å²) in [4.78, 5) is 18.5. The summed E-state index contributed by atoms with van der Waals surface area (Å²) in [6.45, 7) is 6.50. The zero-order valence-electron chi connectivity index (χ0n) is 11.8. The SMILES string of the molecule is Cc1ccc2c(c1)OCCN2C(=O)c1oc(C)nc1C. The van der Waals surface area contributed by atoms with Gasteiger partial charge in [-0.2, -0.15) is 0 Å². The van der Waals surface area contributed by atoms with Crippen molar-refractivity contribution >= 4 is 11.6 Å². The van der Waals surface area contributed by atoms with Gasteiger partial charge in [-0.3, -0.25) is 9.69 Å². The first-order valence-electron chi connectivity index (χ1n) is 6.55. The second kappa shape index (κ2) is 4.67. The van der Waals surface area contributed by atoms with Crippen molar-refractivity contribution in [2.75, 3.05) is 18.1 Å². The Hall–Kier alpha value is -2.30. The van der Waals surface area contributed by atoms with Crippen LogP contribution in [-0.4, -0.2) is 24.0 Å². The van der Waals surface area contributed by atoms with Gasteiger partial charge in [-0.1, -0.05) is 6.07 Å². The molecule has 0 fully saturated rings. The zero-order chi connectivity index (χ0) is 14.3. The monoisotopic (exact) mass is 272 g/mol. The maximum absolute atomic E-state index is 12.6. The molecule has 0 N–H and O–H groups in total. The number of aromatic nitrogens is 1. The van der Waals surface area contributed by atoms with E-state index in [0.29, 0.717) is 30.5 Å². The molecule has 1 amide bonds. The first kappa shape index (κ1) is 12.7. The number of ether oxygens (including phenoxy) is 1. The molecule has 0 unspecified atom stereocenters. The van der Waals surface area contributed by atoms with Crippen LogP contribution in [0, 0.1) is 20.8 Å². The van der Waals surface area contributed by atoms with Crippen molar-refractivity contribution in [3.05, 3.63) is 41.1 Å². The number of fused-ring (bicyclic) bond motifs is 1.